The molecular formula is C13H15ClN4OS. The summed E-state index contributed by atoms with van der Waals surface area (Å²) in [6.07, 6.45) is 3.52. The lowest BCUT2D eigenvalue weighted by molar-refractivity contribution is 0.122. The Hall–Kier alpha value is -1.37. The number of thiazole rings is 1. The van der Waals surface area contributed by atoms with Crippen LogP contribution in [0.15, 0.2) is 24.5 Å². The Morgan fingerprint density at radius 1 is 1.25 bits per heavy atom. The van der Waals surface area contributed by atoms with E-state index in [0.717, 1.165) is 42.8 Å². The summed E-state index contributed by atoms with van der Waals surface area (Å²) in [7, 11) is 0. The summed E-state index contributed by atoms with van der Waals surface area (Å²) in [6.45, 7) is 4.00. The molecule has 0 amide bonds. The van der Waals surface area contributed by atoms with Crippen LogP contribution in [0.1, 0.15) is 5.01 Å². The molecule has 1 saturated heterocycles. The number of anilines is 2. The molecule has 0 aliphatic carbocycles. The van der Waals surface area contributed by atoms with Crippen LogP contribution in [0, 0.1) is 0 Å². The van der Waals surface area contributed by atoms with E-state index in [1.165, 1.54) is 11.3 Å². The van der Waals surface area contributed by atoms with Crippen molar-refractivity contribution in [3.8, 4) is 0 Å². The van der Waals surface area contributed by atoms with Gasteiger partial charge in [-0.1, -0.05) is 11.6 Å². The van der Waals surface area contributed by atoms with E-state index in [-0.39, 0.29) is 0 Å². The number of hydrogen-bond acceptors (Lipinski definition) is 6. The van der Waals surface area contributed by atoms with Gasteiger partial charge < -0.3 is 15.0 Å². The SMILES string of the molecule is Clc1cnc(CNc2ccc(N3CCOCC3)nc2)s1. The number of aromatic nitrogens is 2. The van der Waals surface area contributed by atoms with E-state index in [1.54, 1.807) is 6.20 Å². The summed E-state index contributed by atoms with van der Waals surface area (Å²) in [5, 5.41) is 4.25. The van der Waals surface area contributed by atoms with Crippen LogP contribution in [0.3, 0.4) is 0 Å². The molecule has 1 N–H and O–H groups in total. The molecule has 1 aliphatic heterocycles. The number of ether oxygens (including phenoxy) is 1. The van der Waals surface area contributed by atoms with Gasteiger partial charge in [0.2, 0.25) is 0 Å². The molecule has 0 saturated carbocycles. The predicted molar refractivity (Wildman–Crippen MR) is 81.7 cm³/mol. The molecule has 0 atom stereocenters. The van der Waals surface area contributed by atoms with Crippen molar-refractivity contribution in [1.29, 1.82) is 0 Å². The highest BCUT2D eigenvalue weighted by molar-refractivity contribution is 7.15. The number of nitrogens with one attached hydrogen (secondary N) is 1. The van der Waals surface area contributed by atoms with Crippen molar-refractivity contribution in [3.05, 3.63) is 33.9 Å². The third-order valence-electron chi connectivity index (χ3n) is 3.05. The van der Waals surface area contributed by atoms with Gasteiger partial charge in [0.25, 0.3) is 0 Å². The number of rotatable bonds is 4. The van der Waals surface area contributed by atoms with Crippen molar-refractivity contribution in [3.63, 3.8) is 0 Å². The largest absolute Gasteiger partial charge is 0.378 e. The molecule has 3 rings (SSSR count). The van der Waals surface area contributed by atoms with Crippen molar-refractivity contribution in [2.75, 3.05) is 36.5 Å². The molecule has 1 fully saturated rings. The first-order valence-corrected chi connectivity index (χ1v) is 7.63. The molecule has 0 spiro atoms. The van der Waals surface area contributed by atoms with E-state index >= 15 is 0 Å². The highest BCUT2D eigenvalue weighted by Crippen LogP contribution is 2.20. The maximum absolute atomic E-state index is 5.85. The first kappa shape index (κ1) is 13.6. The van der Waals surface area contributed by atoms with Gasteiger partial charge in [-0.2, -0.15) is 0 Å². The van der Waals surface area contributed by atoms with Crippen molar-refractivity contribution >= 4 is 34.4 Å². The Kier molecular flexibility index (Phi) is 4.34. The van der Waals surface area contributed by atoms with E-state index in [1.807, 2.05) is 18.3 Å². The van der Waals surface area contributed by atoms with Crippen LogP contribution in [0.2, 0.25) is 4.34 Å². The van der Waals surface area contributed by atoms with Gasteiger partial charge in [0.05, 0.1) is 37.8 Å². The van der Waals surface area contributed by atoms with Crippen LogP contribution in [-0.4, -0.2) is 36.3 Å². The zero-order chi connectivity index (χ0) is 13.8. The van der Waals surface area contributed by atoms with Gasteiger partial charge in [0.1, 0.15) is 15.2 Å². The second-order valence-electron chi connectivity index (χ2n) is 4.42. The third-order valence-corrected chi connectivity index (χ3v) is 4.17. The molecule has 0 bridgehead atoms. The number of morpholine rings is 1. The summed E-state index contributed by atoms with van der Waals surface area (Å²) >= 11 is 7.33. The van der Waals surface area contributed by atoms with Crippen LogP contribution in [-0.2, 0) is 11.3 Å². The topological polar surface area (TPSA) is 50.3 Å². The van der Waals surface area contributed by atoms with E-state index in [2.05, 4.69) is 20.2 Å². The number of halogens is 1. The second-order valence-corrected chi connectivity index (χ2v) is 6.16. The monoisotopic (exact) mass is 310 g/mol. The zero-order valence-corrected chi connectivity index (χ0v) is 12.5. The van der Waals surface area contributed by atoms with E-state index in [9.17, 15) is 0 Å². The molecule has 5 nitrogen and oxygen atoms in total. The normalized spacial score (nSPS) is 15.3. The van der Waals surface area contributed by atoms with E-state index in [4.69, 9.17) is 16.3 Å². The first-order chi connectivity index (χ1) is 9.81. The molecule has 106 valence electrons. The lowest BCUT2D eigenvalue weighted by atomic mass is 10.3. The Morgan fingerprint density at radius 2 is 2.10 bits per heavy atom. The van der Waals surface area contributed by atoms with Gasteiger partial charge in [-0.15, -0.1) is 11.3 Å². The highest BCUT2D eigenvalue weighted by atomic mass is 35.5. The van der Waals surface area contributed by atoms with E-state index < -0.39 is 0 Å². The minimum Gasteiger partial charge on any atom is -0.378 e. The highest BCUT2D eigenvalue weighted by Gasteiger charge is 2.11. The first-order valence-electron chi connectivity index (χ1n) is 6.44. The summed E-state index contributed by atoms with van der Waals surface area (Å²) < 4.78 is 6.05. The van der Waals surface area contributed by atoms with Crippen molar-refractivity contribution in [2.24, 2.45) is 0 Å². The van der Waals surface area contributed by atoms with Crippen LogP contribution in [0.25, 0.3) is 0 Å². The third kappa shape index (κ3) is 3.39. The number of nitrogens with zero attached hydrogens (tertiary/aromatic N) is 3. The fourth-order valence-corrected chi connectivity index (χ4v) is 2.91. The lowest BCUT2D eigenvalue weighted by Gasteiger charge is -2.27. The van der Waals surface area contributed by atoms with Crippen LogP contribution < -0.4 is 10.2 Å². The Morgan fingerprint density at radius 3 is 2.75 bits per heavy atom. The molecule has 7 heteroatoms. The van der Waals surface area contributed by atoms with Gasteiger partial charge >= 0.3 is 0 Å². The summed E-state index contributed by atoms with van der Waals surface area (Å²) in [5.74, 6) is 0.996. The quantitative estimate of drug-likeness (QED) is 0.941. The molecule has 0 unspecified atom stereocenters. The summed E-state index contributed by atoms with van der Waals surface area (Å²) in [5.41, 5.74) is 0.980. The average molecular weight is 311 g/mol. The van der Waals surface area contributed by atoms with Gasteiger partial charge in [0, 0.05) is 13.1 Å². The Labute approximate surface area is 126 Å². The number of pyridine rings is 1. The molecule has 0 aromatic carbocycles. The van der Waals surface area contributed by atoms with Gasteiger partial charge in [-0.25, -0.2) is 9.97 Å². The molecule has 1 aliphatic rings. The van der Waals surface area contributed by atoms with Gasteiger partial charge in [-0.3, -0.25) is 0 Å². The van der Waals surface area contributed by atoms with Crippen molar-refractivity contribution in [2.45, 2.75) is 6.54 Å². The standard InChI is InChI=1S/C13H15ClN4OS/c14-11-8-17-13(20-11)9-15-10-1-2-12(16-7-10)18-3-5-19-6-4-18/h1-2,7-8,15H,3-6,9H2. The smallest absolute Gasteiger partial charge is 0.128 e. The number of hydrogen-bond donors (Lipinski definition) is 1. The van der Waals surface area contributed by atoms with Crippen molar-refractivity contribution < 1.29 is 4.74 Å². The average Bonchev–Trinajstić information content (AvgIpc) is 2.92. The maximum Gasteiger partial charge on any atom is 0.128 e. The van der Waals surface area contributed by atoms with Crippen LogP contribution >= 0.6 is 22.9 Å². The maximum atomic E-state index is 5.85. The lowest BCUT2D eigenvalue weighted by Crippen LogP contribution is -2.36. The fourth-order valence-electron chi connectivity index (χ4n) is 2.02. The zero-order valence-electron chi connectivity index (χ0n) is 10.9. The molecular weight excluding hydrogens is 296 g/mol. The molecule has 2 aromatic rings. The Bertz CT molecular complexity index is 554. The Balaban J connectivity index is 1.58. The molecule has 20 heavy (non-hydrogen) atoms. The van der Waals surface area contributed by atoms with Crippen LogP contribution in [0.4, 0.5) is 11.5 Å². The second kappa shape index (κ2) is 6.39. The molecule has 2 aromatic heterocycles. The van der Waals surface area contributed by atoms with Gasteiger partial charge in [-0.05, 0) is 12.1 Å². The minimum atomic E-state index is 0.663. The fraction of sp³-hybridized carbons (Fsp3) is 0.385. The molecule has 3 heterocycles. The minimum absolute atomic E-state index is 0.663. The summed E-state index contributed by atoms with van der Waals surface area (Å²) in [4.78, 5) is 10.9. The van der Waals surface area contributed by atoms with Gasteiger partial charge in [0.15, 0.2) is 0 Å². The molecule has 0 radical (unpaired) electrons. The van der Waals surface area contributed by atoms with Crippen molar-refractivity contribution in [1.82, 2.24) is 9.97 Å². The predicted octanol–water partition coefficient (Wildman–Crippen LogP) is 2.64. The van der Waals surface area contributed by atoms with E-state index in [0.29, 0.717) is 10.9 Å². The summed E-state index contributed by atoms with van der Waals surface area (Å²) in [6, 6.07) is 4.06. The van der Waals surface area contributed by atoms with Crippen LogP contribution in [0.5, 0.6) is 0 Å².